The maximum atomic E-state index is 12.2. The van der Waals surface area contributed by atoms with Crippen molar-refractivity contribution in [2.75, 3.05) is 37.6 Å². The first-order chi connectivity index (χ1) is 17.0. The first-order valence-electron chi connectivity index (χ1n) is 12.4. The summed E-state index contributed by atoms with van der Waals surface area (Å²) in [4.78, 5) is 48.6. The molecule has 4 heterocycles. The van der Waals surface area contributed by atoms with Crippen molar-refractivity contribution in [3.8, 4) is 0 Å². The molecular weight excluding hydrogens is 446 g/mol. The van der Waals surface area contributed by atoms with Crippen LogP contribution in [0.1, 0.15) is 37.8 Å². The van der Waals surface area contributed by atoms with Crippen LogP contribution in [0.3, 0.4) is 0 Å². The Bertz CT molecular complexity index is 971. The Morgan fingerprint density at radius 1 is 0.943 bits per heavy atom. The van der Waals surface area contributed by atoms with Crippen molar-refractivity contribution in [3.63, 3.8) is 0 Å². The minimum absolute atomic E-state index is 0.0345. The second kappa shape index (κ2) is 11.9. The van der Waals surface area contributed by atoms with Crippen molar-refractivity contribution in [1.29, 1.82) is 0 Å². The molecule has 35 heavy (non-hydrogen) atoms. The van der Waals surface area contributed by atoms with E-state index in [9.17, 15) is 14.4 Å². The highest BCUT2D eigenvalue weighted by Crippen LogP contribution is 2.39. The van der Waals surface area contributed by atoms with Crippen LogP contribution in [0.25, 0.3) is 0 Å². The number of fused-ring (bicyclic) bond motifs is 1. The third kappa shape index (κ3) is 6.22. The van der Waals surface area contributed by atoms with Crippen molar-refractivity contribution >= 4 is 23.6 Å². The first-order valence-corrected chi connectivity index (χ1v) is 12.4. The number of anilines is 1. The molecule has 3 aliphatic rings. The number of carbonyl (C=O) groups excluding carboxylic acids is 2. The number of nitrogens with zero attached hydrogens (tertiary/aromatic N) is 5. The van der Waals surface area contributed by atoms with Crippen LogP contribution in [0.4, 0.5) is 10.5 Å². The van der Waals surface area contributed by atoms with Gasteiger partial charge in [0.05, 0.1) is 23.7 Å². The Labute approximate surface area is 205 Å². The van der Waals surface area contributed by atoms with Crippen molar-refractivity contribution in [2.24, 2.45) is 11.8 Å². The van der Waals surface area contributed by atoms with E-state index in [1.54, 1.807) is 24.5 Å². The highest BCUT2D eigenvalue weighted by Gasteiger charge is 2.48. The Hall–Kier alpha value is -3.33. The summed E-state index contributed by atoms with van der Waals surface area (Å²) < 4.78 is 0. The molecule has 1 N–H and O–H groups in total. The largest absolute Gasteiger partial charge is 0.465 e. The van der Waals surface area contributed by atoms with Crippen molar-refractivity contribution in [3.05, 3.63) is 54.6 Å². The van der Waals surface area contributed by atoms with Crippen molar-refractivity contribution in [1.82, 2.24) is 19.8 Å². The summed E-state index contributed by atoms with van der Waals surface area (Å²) in [5.41, 5.74) is 1.73. The lowest BCUT2D eigenvalue weighted by Crippen LogP contribution is -2.48. The van der Waals surface area contributed by atoms with Gasteiger partial charge in [0.2, 0.25) is 11.8 Å². The molecule has 9 heteroatoms. The molecule has 5 rings (SSSR count). The topological polar surface area (TPSA) is 107 Å². The van der Waals surface area contributed by atoms with Gasteiger partial charge in [-0.3, -0.25) is 24.5 Å². The summed E-state index contributed by atoms with van der Waals surface area (Å²) in [5, 5.41) is 8.85. The van der Waals surface area contributed by atoms with E-state index in [4.69, 9.17) is 5.11 Å². The minimum atomic E-state index is -0.803. The second-order valence-electron chi connectivity index (χ2n) is 9.26. The molecule has 1 saturated carbocycles. The van der Waals surface area contributed by atoms with Gasteiger partial charge in [-0.15, -0.1) is 0 Å². The maximum Gasteiger partial charge on any atom is 0.407 e. The normalized spacial score (nSPS) is 22.4. The quantitative estimate of drug-likeness (QED) is 0.657. The summed E-state index contributed by atoms with van der Waals surface area (Å²) in [6.45, 7) is 3.95. The van der Waals surface area contributed by atoms with Gasteiger partial charge in [-0.2, -0.15) is 0 Å². The fourth-order valence-electron chi connectivity index (χ4n) is 5.10. The Balaban J connectivity index is 0.000000165. The molecule has 2 aliphatic heterocycles. The summed E-state index contributed by atoms with van der Waals surface area (Å²) in [5.74, 6) is -0.242. The molecule has 2 aromatic heterocycles. The van der Waals surface area contributed by atoms with E-state index < -0.39 is 6.09 Å². The number of carbonyl (C=O) groups is 3. The third-order valence-corrected chi connectivity index (χ3v) is 7.02. The van der Waals surface area contributed by atoms with Crippen LogP contribution >= 0.6 is 0 Å². The molecule has 0 aromatic carbocycles. The molecule has 3 amide bonds. The van der Waals surface area contributed by atoms with E-state index in [2.05, 4.69) is 14.9 Å². The van der Waals surface area contributed by atoms with Crippen LogP contribution in [0, 0.1) is 11.8 Å². The fraction of sp³-hybridized carbons (Fsp3) is 0.500. The van der Waals surface area contributed by atoms with Crippen molar-refractivity contribution < 1.29 is 19.5 Å². The number of carboxylic acid groups (broad SMARTS) is 1. The average Bonchev–Trinajstić information content (AvgIpc) is 3.16. The Morgan fingerprint density at radius 2 is 1.66 bits per heavy atom. The van der Waals surface area contributed by atoms with Crippen LogP contribution in [0.5, 0.6) is 0 Å². The predicted octanol–water partition coefficient (Wildman–Crippen LogP) is 3.07. The van der Waals surface area contributed by atoms with Gasteiger partial charge in [-0.25, -0.2) is 9.69 Å². The predicted molar refractivity (Wildman–Crippen MR) is 131 cm³/mol. The molecule has 2 atom stereocenters. The fourth-order valence-corrected chi connectivity index (χ4v) is 5.10. The number of rotatable bonds is 5. The molecule has 3 fully saturated rings. The van der Waals surface area contributed by atoms with Crippen LogP contribution in [-0.2, 0) is 16.0 Å². The number of aromatic nitrogens is 2. The summed E-state index contributed by atoms with van der Waals surface area (Å²) in [6.07, 6.45) is 10.1. The highest BCUT2D eigenvalue weighted by molar-refractivity contribution is 6.22. The van der Waals surface area contributed by atoms with E-state index in [1.807, 2.05) is 24.4 Å². The van der Waals surface area contributed by atoms with E-state index in [-0.39, 0.29) is 23.7 Å². The van der Waals surface area contributed by atoms with Crippen LogP contribution in [0.2, 0.25) is 0 Å². The van der Waals surface area contributed by atoms with E-state index >= 15 is 0 Å². The zero-order valence-corrected chi connectivity index (χ0v) is 20.0. The monoisotopic (exact) mass is 479 g/mol. The SMILES string of the molecule is O=C(O)N1CCN(CCCc2ccccn2)CC1.O=C1C2CCCCC2C(=O)N1c1cccnc1. The Morgan fingerprint density at radius 3 is 2.23 bits per heavy atom. The summed E-state index contributed by atoms with van der Waals surface area (Å²) in [6, 6.07) is 9.49. The highest BCUT2D eigenvalue weighted by atomic mass is 16.4. The van der Waals surface area contributed by atoms with E-state index in [1.165, 1.54) is 9.80 Å². The second-order valence-corrected chi connectivity index (χ2v) is 9.26. The summed E-state index contributed by atoms with van der Waals surface area (Å²) in [7, 11) is 0. The third-order valence-electron chi connectivity index (χ3n) is 7.02. The molecule has 0 radical (unpaired) electrons. The molecule has 0 bridgehead atoms. The molecule has 2 saturated heterocycles. The van der Waals surface area contributed by atoms with Gasteiger partial charge in [-0.05, 0) is 56.5 Å². The number of amides is 3. The van der Waals surface area contributed by atoms with E-state index in [0.29, 0.717) is 18.8 Å². The van der Waals surface area contributed by atoms with Crippen molar-refractivity contribution in [2.45, 2.75) is 38.5 Å². The van der Waals surface area contributed by atoms with Gasteiger partial charge < -0.3 is 10.0 Å². The number of pyridine rings is 2. The van der Waals surface area contributed by atoms with Gasteiger partial charge in [0, 0.05) is 44.3 Å². The lowest BCUT2D eigenvalue weighted by atomic mass is 9.81. The number of hydrogen-bond donors (Lipinski definition) is 1. The first kappa shape index (κ1) is 24.8. The average molecular weight is 480 g/mol. The van der Waals surface area contributed by atoms with Gasteiger partial charge in [0.25, 0.3) is 0 Å². The molecule has 186 valence electrons. The van der Waals surface area contributed by atoms with Crippen LogP contribution in [-0.4, -0.2) is 75.5 Å². The van der Waals surface area contributed by atoms with Crippen LogP contribution in [0.15, 0.2) is 48.9 Å². The van der Waals surface area contributed by atoms with Crippen LogP contribution < -0.4 is 4.90 Å². The minimum Gasteiger partial charge on any atom is -0.465 e. The maximum absolute atomic E-state index is 12.2. The van der Waals surface area contributed by atoms with E-state index in [0.717, 1.165) is 63.9 Å². The molecule has 2 unspecified atom stereocenters. The number of aryl methyl sites for hydroxylation is 1. The van der Waals surface area contributed by atoms with Gasteiger partial charge >= 0.3 is 6.09 Å². The molecule has 2 aromatic rings. The zero-order valence-electron chi connectivity index (χ0n) is 20.0. The Kier molecular flexibility index (Phi) is 8.41. The number of hydrogen-bond acceptors (Lipinski definition) is 6. The lowest BCUT2D eigenvalue weighted by molar-refractivity contribution is -0.122. The smallest absolute Gasteiger partial charge is 0.407 e. The number of piperazine rings is 1. The lowest BCUT2D eigenvalue weighted by Gasteiger charge is -2.32. The van der Waals surface area contributed by atoms with Gasteiger partial charge in [-0.1, -0.05) is 18.9 Å². The molecule has 0 spiro atoms. The number of imide groups is 1. The standard InChI is InChI=1S/C13H19N3O2.C13H14N2O2/c17-13(18)16-10-8-15(9-11-16)7-3-5-12-4-1-2-6-14-12;16-12-10-5-1-2-6-11(10)13(17)15(12)9-4-3-7-14-8-9/h1-2,4,6H,3,5,7-11H2,(H,17,18);3-4,7-8,10-11H,1-2,5-6H2. The zero-order chi connectivity index (χ0) is 24.6. The summed E-state index contributed by atoms with van der Waals surface area (Å²) >= 11 is 0. The van der Waals surface area contributed by atoms with Gasteiger partial charge in [0.15, 0.2) is 0 Å². The van der Waals surface area contributed by atoms with Gasteiger partial charge in [0.1, 0.15) is 0 Å². The molecule has 1 aliphatic carbocycles. The molecular formula is C26H33N5O4. The molecule has 9 nitrogen and oxygen atoms in total.